The number of piperidine rings is 1. The number of oxazole rings is 1. The highest BCUT2D eigenvalue weighted by Gasteiger charge is 2.37. The number of hydrogen-bond donors (Lipinski definition) is 0. The molecule has 1 aromatic heterocycles. The third kappa shape index (κ3) is 2.66. The van der Waals surface area contributed by atoms with Crippen molar-refractivity contribution in [2.75, 3.05) is 20.1 Å². The largest absolute Gasteiger partial charge is 0.448 e. The molecule has 0 radical (unpaired) electrons. The second-order valence-electron chi connectivity index (χ2n) is 6.02. The van der Waals surface area contributed by atoms with Gasteiger partial charge in [0.1, 0.15) is 6.26 Å². The highest BCUT2D eigenvalue weighted by molar-refractivity contribution is 5.92. The predicted molar refractivity (Wildman–Crippen MR) is 75.7 cm³/mol. The maximum atomic E-state index is 12.4. The maximum Gasteiger partial charge on any atom is 0.275 e. The van der Waals surface area contributed by atoms with Gasteiger partial charge >= 0.3 is 0 Å². The van der Waals surface area contributed by atoms with E-state index >= 15 is 0 Å². The van der Waals surface area contributed by atoms with E-state index in [-0.39, 0.29) is 17.9 Å². The van der Waals surface area contributed by atoms with Crippen molar-refractivity contribution in [3.8, 4) is 0 Å². The molecule has 0 aliphatic carbocycles. The molecule has 1 aromatic rings. The Balaban J connectivity index is 1.72. The van der Waals surface area contributed by atoms with E-state index in [2.05, 4.69) is 4.98 Å². The Morgan fingerprint density at radius 3 is 2.95 bits per heavy atom. The van der Waals surface area contributed by atoms with E-state index in [0.717, 1.165) is 19.3 Å². The van der Waals surface area contributed by atoms with E-state index in [4.69, 9.17) is 4.42 Å². The second-order valence-corrected chi connectivity index (χ2v) is 6.02. The fourth-order valence-corrected chi connectivity index (χ4v) is 3.50. The van der Waals surface area contributed by atoms with Crippen LogP contribution in [0.5, 0.6) is 0 Å². The summed E-state index contributed by atoms with van der Waals surface area (Å²) in [5.74, 6) is 1.04. The van der Waals surface area contributed by atoms with Crippen LogP contribution in [-0.2, 0) is 4.79 Å². The molecule has 0 aromatic carbocycles. The van der Waals surface area contributed by atoms with Crippen LogP contribution in [0.3, 0.4) is 0 Å². The number of carbonyl (C=O) groups excluding carboxylic acids is 2. The third-order valence-corrected chi connectivity index (χ3v) is 4.68. The van der Waals surface area contributed by atoms with E-state index in [0.29, 0.717) is 37.0 Å². The van der Waals surface area contributed by atoms with Crippen molar-refractivity contribution < 1.29 is 14.0 Å². The molecule has 3 heterocycles. The lowest BCUT2D eigenvalue weighted by Gasteiger charge is -2.41. The van der Waals surface area contributed by atoms with Crippen molar-refractivity contribution in [1.82, 2.24) is 14.8 Å². The minimum Gasteiger partial charge on any atom is -0.448 e. The van der Waals surface area contributed by atoms with Crippen molar-refractivity contribution >= 4 is 11.8 Å². The van der Waals surface area contributed by atoms with Gasteiger partial charge in [0.2, 0.25) is 5.91 Å². The van der Waals surface area contributed by atoms with E-state index < -0.39 is 0 Å². The number of amides is 2. The molecule has 0 N–H and O–H groups in total. The first-order valence-electron chi connectivity index (χ1n) is 7.53. The minimum absolute atomic E-state index is 0.0662. The van der Waals surface area contributed by atoms with Gasteiger partial charge in [-0.25, -0.2) is 4.98 Å². The first-order chi connectivity index (χ1) is 10.1. The topological polar surface area (TPSA) is 66.7 Å². The molecule has 2 atom stereocenters. The predicted octanol–water partition coefficient (Wildman–Crippen LogP) is 1.46. The highest BCUT2D eigenvalue weighted by Crippen LogP contribution is 2.30. The van der Waals surface area contributed by atoms with Gasteiger partial charge in [0.25, 0.3) is 5.91 Å². The zero-order chi connectivity index (χ0) is 15.0. The molecule has 6 nitrogen and oxygen atoms in total. The van der Waals surface area contributed by atoms with Crippen LogP contribution >= 0.6 is 0 Å². The molecule has 0 unspecified atom stereocenters. The van der Waals surface area contributed by atoms with Crippen LogP contribution in [-0.4, -0.2) is 52.8 Å². The molecule has 2 saturated heterocycles. The third-order valence-electron chi connectivity index (χ3n) is 4.68. The molecule has 2 aliphatic rings. The van der Waals surface area contributed by atoms with Gasteiger partial charge in [-0.05, 0) is 25.2 Å². The first kappa shape index (κ1) is 14.1. The Morgan fingerprint density at radius 1 is 1.43 bits per heavy atom. The quantitative estimate of drug-likeness (QED) is 0.785. The molecule has 114 valence electrons. The molecular formula is C15H21N3O3. The monoisotopic (exact) mass is 291 g/mol. The van der Waals surface area contributed by atoms with E-state index in [1.807, 2.05) is 16.8 Å². The molecule has 2 aliphatic heterocycles. The van der Waals surface area contributed by atoms with E-state index in [1.165, 1.54) is 6.26 Å². The summed E-state index contributed by atoms with van der Waals surface area (Å²) in [5, 5.41) is 0. The maximum absolute atomic E-state index is 12.4. The SMILES string of the molecule is Cc1nc(C(=O)N2CC[C@@H]3[C@@H](CCCC(=O)N3C)C2)co1. The van der Waals surface area contributed by atoms with Crippen molar-refractivity contribution in [3.05, 3.63) is 17.8 Å². The lowest BCUT2D eigenvalue weighted by atomic mass is 9.88. The van der Waals surface area contributed by atoms with Crippen molar-refractivity contribution in [1.29, 1.82) is 0 Å². The van der Waals surface area contributed by atoms with Crippen molar-refractivity contribution in [2.45, 2.75) is 38.6 Å². The smallest absolute Gasteiger partial charge is 0.275 e. The summed E-state index contributed by atoms with van der Waals surface area (Å²) in [6, 6.07) is 0.267. The van der Waals surface area contributed by atoms with Gasteiger partial charge in [-0.2, -0.15) is 0 Å². The summed E-state index contributed by atoms with van der Waals surface area (Å²) in [7, 11) is 1.89. The average molecular weight is 291 g/mol. The normalized spacial score (nSPS) is 26.5. The van der Waals surface area contributed by atoms with Crippen LogP contribution in [0.15, 0.2) is 10.7 Å². The number of rotatable bonds is 1. The number of fused-ring (bicyclic) bond motifs is 1. The summed E-state index contributed by atoms with van der Waals surface area (Å²) in [5.41, 5.74) is 0.379. The van der Waals surface area contributed by atoms with Gasteiger partial charge in [-0.3, -0.25) is 9.59 Å². The van der Waals surface area contributed by atoms with Crippen LogP contribution in [0.1, 0.15) is 42.1 Å². The van der Waals surface area contributed by atoms with E-state index in [1.54, 1.807) is 6.92 Å². The molecule has 6 heteroatoms. The Hall–Kier alpha value is -1.85. The van der Waals surface area contributed by atoms with Gasteiger partial charge in [0.05, 0.1) is 0 Å². The number of likely N-dealkylation sites (tertiary alicyclic amines) is 2. The fraction of sp³-hybridized carbons (Fsp3) is 0.667. The Bertz CT molecular complexity index is 554. The Kier molecular flexibility index (Phi) is 3.69. The lowest BCUT2D eigenvalue weighted by molar-refractivity contribution is -0.132. The number of hydrogen-bond acceptors (Lipinski definition) is 4. The van der Waals surface area contributed by atoms with Gasteiger partial charge in [-0.1, -0.05) is 0 Å². The summed E-state index contributed by atoms with van der Waals surface area (Å²) >= 11 is 0. The standard InChI is InChI=1S/C15H21N3O3/c1-10-16-12(9-21-10)15(20)18-7-6-13-11(8-18)4-3-5-14(19)17(13)2/h9,11,13H,3-8H2,1-2H3/t11-,13+/m0/s1. The van der Waals surface area contributed by atoms with Crippen LogP contribution in [0.2, 0.25) is 0 Å². The average Bonchev–Trinajstić information content (AvgIpc) is 2.86. The van der Waals surface area contributed by atoms with Gasteiger partial charge < -0.3 is 14.2 Å². The molecular weight excluding hydrogens is 270 g/mol. The fourth-order valence-electron chi connectivity index (χ4n) is 3.50. The summed E-state index contributed by atoms with van der Waals surface area (Å²) in [4.78, 5) is 32.2. The van der Waals surface area contributed by atoms with Crippen LogP contribution in [0, 0.1) is 12.8 Å². The number of nitrogens with zero attached hydrogens (tertiary/aromatic N) is 3. The van der Waals surface area contributed by atoms with Gasteiger partial charge in [0.15, 0.2) is 11.6 Å². The van der Waals surface area contributed by atoms with E-state index in [9.17, 15) is 9.59 Å². The van der Waals surface area contributed by atoms with Gasteiger partial charge in [-0.15, -0.1) is 0 Å². The van der Waals surface area contributed by atoms with Crippen LogP contribution in [0.4, 0.5) is 0 Å². The summed E-state index contributed by atoms with van der Waals surface area (Å²) < 4.78 is 5.12. The van der Waals surface area contributed by atoms with Gasteiger partial charge in [0, 0.05) is 39.5 Å². The van der Waals surface area contributed by atoms with Crippen LogP contribution < -0.4 is 0 Å². The first-order valence-corrected chi connectivity index (χ1v) is 7.53. The Morgan fingerprint density at radius 2 is 2.24 bits per heavy atom. The number of aromatic nitrogens is 1. The van der Waals surface area contributed by atoms with Crippen molar-refractivity contribution in [2.24, 2.45) is 5.92 Å². The number of carbonyl (C=O) groups is 2. The van der Waals surface area contributed by atoms with Crippen LogP contribution in [0.25, 0.3) is 0 Å². The molecule has 0 saturated carbocycles. The summed E-state index contributed by atoms with van der Waals surface area (Å²) in [6.45, 7) is 3.10. The second kappa shape index (κ2) is 5.50. The zero-order valence-corrected chi connectivity index (χ0v) is 12.5. The highest BCUT2D eigenvalue weighted by atomic mass is 16.3. The molecule has 0 spiro atoms. The molecule has 0 bridgehead atoms. The molecule has 3 rings (SSSR count). The lowest BCUT2D eigenvalue weighted by Crippen LogP contribution is -2.51. The molecule has 2 amide bonds. The minimum atomic E-state index is -0.0662. The Labute approximate surface area is 124 Å². The summed E-state index contributed by atoms with van der Waals surface area (Å²) in [6.07, 6.45) is 4.81. The zero-order valence-electron chi connectivity index (χ0n) is 12.5. The molecule has 2 fully saturated rings. The number of aryl methyl sites for hydroxylation is 1. The molecule has 21 heavy (non-hydrogen) atoms. The van der Waals surface area contributed by atoms with Crippen molar-refractivity contribution in [3.63, 3.8) is 0 Å².